The third-order valence-corrected chi connectivity index (χ3v) is 5.55. The molecule has 114 valence electrons. The van der Waals surface area contributed by atoms with E-state index in [1.165, 1.54) is 4.88 Å². The van der Waals surface area contributed by atoms with Crippen LogP contribution in [-0.2, 0) is 9.47 Å². The van der Waals surface area contributed by atoms with Crippen LogP contribution in [-0.4, -0.2) is 31.1 Å². The first-order valence-electron chi connectivity index (χ1n) is 7.39. The molecule has 1 aromatic heterocycles. The Morgan fingerprint density at radius 2 is 1.95 bits per heavy atom. The number of hydrogen-bond donors (Lipinski definition) is 0. The van der Waals surface area contributed by atoms with Crippen LogP contribution in [0.25, 0.3) is 10.4 Å². The predicted molar refractivity (Wildman–Crippen MR) is 84.9 cm³/mol. The fraction of sp³-hybridized carbons (Fsp3) is 0.353. The van der Waals surface area contributed by atoms with Gasteiger partial charge in [-0.15, -0.1) is 11.3 Å². The lowest BCUT2D eigenvalue weighted by atomic mass is 10.0. The summed E-state index contributed by atoms with van der Waals surface area (Å²) < 4.78 is 11.1. The summed E-state index contributed by atoms with van der Waals surface area (Å²) in [5, 5.41) is 0. The minimum absolute atomic E-state index is 0.105. The Balaban J connectivity index is 1.68. The Kier molecular flexibility index (Phi) is 3.29. The maximum Gasteiger partial charge on any atom is 0.254 e. The quantitative estimate of drug-likeness (QED) is 0.850. The van der Waals surface area contributed by atoms with Gasteiger partial charge in [0.05, 0.1) is 24.1 Å². The van der Waals surface area contributed by atoms with Gasteiger partial charge in [0.2, 0.25) is 0 Å². The van der Waals surface area contributed by atoms with Gasteiger partial charge in [-0.3, -0.25) is 4.79 Å². The molecule has 0 spiro atoms. The first kappa shape index (κ1) is 13.9. The minimum Gasteiger partial charge on any atom is -0.345 e. The van der Waals surface area contributed by atoms with Gasteiger partial charge < -0.3 is 14.4 Å². The van der Waals surface area contributed by atoms with E-state index < -0.39 is 0 Å². The Labute approximate surface area is 133 Å². The second kappa shape index (κ2) is 5.19. The van der Waals surface area contributed by atoms with Crippen LogP contribution in [0.5, 0.6) is 0 Å². The van der Waals surface area contributed by atoms with Crippen molar-refractivity contribution in [3.05, 3.63) is 46.3 Å². The molecule has 1 fully saturated rings. The summed E-state index contributed by atoms with van der Waals surface area (Å²) in [6.07, 6.45) is -0.222. The molecule has 1 aromatic carbocycles. The average Bonchev–Trinajstić information content (AvgIpc) is 3.25. The van der Waals surface area contributed by atoms with Gasteiger partial charge in [-0.2, -0.15) is 0 Å². The molecule has 4 nitrogen and oxygen atoms in total. The summed E-state index contributed by atoms with van der Waals surface area (Å²) in [7, 11) is 1.85. The number of nitrogens with zero attached hydrogens (tertiary/aromatic N) is 1. The minimum atomic E-state index is -0.222. The van der Waals surface area contributed by atoms with Crippen molar-refractivity contribution in [3.63, 3.8) is 0 Å². The second-order valence-corrected chi connectivity index (χ2v) is 6.78. The van der Waals surface area contributed by atoms with E-state index in [4.69, 9.17) is 9.47 Å². The summed E-state index contributed by atoms with van der Waals surface area (Å²) in [6.45, 7) is 3.37. The van der Waals surface area contributed by atoms with Crippen molar-refractivity contribution in [1.82, 2.24) is 4.90 Å². The van der Waals surface area contributed by atoms with Gasteiger partial charge in [-0.1, -0.05) is 6.07 Å². The molecule has 5 heteroatoms. The van der Waals surface area contributed by atoms with E-state index in [1.54, 1.807) is 16.2 Å². The molecule has 0 radical (unpaired) electrons. The van der Waals surface area contributed by atoms with Gasteiger partial charge in [-0.05, 0) is 42.3 Å². The monoisotopic (exact) mass is 315 g/mol. The van der Waals surface area contributed by atoms with Crippen LogP contribution < -0.4 is 0 Å². The SMILES string of the molecule is CC1c2cc(-c3ccc(C4OCCO4)s3)ccc2C(=O)N1C. The number of amides is 1. The van der Waals surface area contributed by atoms with Crippen LogP contribution in [0.1, 0.15) is 40.1 Å². The normalized spacial score (nSPS) is 21.6. The molecule has 0 N–H and O–H groups in total. The topological polar surface area (TPSA) is 38.8 Å². The smallest absolute Gasteiger partial charge is 0.254 e. The first-order valence-corrected chi connectivity index (χ1v) is 8.21. The van der Waals surface area contributed by atoms with E-state index in [1.807, 2.05) is 19.2 Å². The van der Waals surface area contributed by atoms with Crippen molar-refractivity contribution in [2.75, 3.05) is 20.3 Å². The Bertz CT molecular complexity index is 733. The summed E-state index contributed by atoms with van der Waals surface area (Å²) in [6, 6.07) is 10.4. The van der Waals surface area contributed by atoms with Crippen LogP contribution in [0.2, 0.25) is 0 Å². The molecule has 4 rings (SSSR count). The van der Waals surface area contributed by atoms with Gasteiger partial charge in [0.25, 0.3) is 5.91 Å². The fourth-order valence-electron chi connectivity index (χ4n) is 2.99. The molecule has 22 heavy (non-hydrogen) atoms. The Hall–Kier alpha value is -1.69. The predicted octanol–water partition coefficient (Wildman–Crippen LogP) is 3.61. The average molecular weight is 315 g/mol. The van der Waals surface area contributed by atoms with Crippen LogP contribution in [0.15, 0.2) is 30.3 Å². The Morgan fingerprint density at radius 1 is 1.18 bits per heavy atom. The van der Waals surface area contributed by atoms with Crippen molar-refractivity contribution in [1.29, 1.82) is 0 Å². The molecule has 0 aliphatic carbocycles. The van der Waals surface area contributed by atoms with E-state index in [0.29, 0.717) is 13.2 Å². The van der Waals surface area contributed by atoms with Crippen LogP contribution in [0.3, 0.4) is 0 Å². The second-order valence-electron chi connectivity index (χ2n) is 5.67. The van der Waals surface area contributed by atoms with Gasteiger partial charge in [0.1, 0.15) is 0 Å². The maximum atomic E-state index is 12.1. The van der Waals surface area contributed by atoms with Crippen LogP contribution in [0.4, 0.5) is 0 Å². The van der Waals surface area contributed by atoms with E-state index in [2.05, 4.69) is 25.1 Å². The van der Waals surface area contributed by atoms with Gasteiger partial charge >= 0.3 is 0 Å². The van der Waals surface area contributed by atoms with Crippen molar-refractivity contribution >= 4 is 17.2 Å². The molecule has 2 aromatic rings. The number of rotatable bonds is 2. The highest BCUT2D eigenvalue weighted by Gasteiger charge is 2.31. The number of thiophene rings is 1. The van der Waals surface area contributed by atoms with Crippen molar-refractivity contribution in [3.8, 4) is 10.4 Å². The fourth-order valence-corrected chi connectivity index (χ4v) is 3.99. The Morgan fingerprint density at radius 3 is 2.73 bits per heavy atom. The van der Waals surface area contributed by atoms with Crippen LogP contribution >= 0.6 is 11.3 Å². The molecule has 1 saturated heterocycles. The van der Waals surface area contributed by atoms with E-state index in [0.717, 1.165) is 21.6 Å². The van der Waals surface area contributed by atoms with Crippen LogP contribution in [0, 0.1) is 0 Å². The number of fused-ring (bicyclic) bond motifs is 1. The van der Waals surface area contributed by atoms with Gasteiger partial charge in [0, 0.05) is 17.5 Å². The molecule has 1 amide bonds. The molecule has 2 aliphatic rings. The number of carbonyl (C=O) groups excluding carboxylic acids is 1. The van der Waals surface area contributed by atoms with E-state index in [-0.39, 0.29) is 18.2 Å². The van der Waals surface area contributed by atoms with Gasteiger partial charge in [0.15, 0.2) is 6.29 Å². The third-order valence-electron chi connectivity index (χ3n) is 4.40. The molecule has 2 aliphatic heterocycles. The van der Waals surface area contributed by atoms with E-state index in [9.17, 15) is 4.79 Å². The van der Waals surface area contributed by atoms with Crippen molar-refractivity contribution < 1.29 is 14.3 Å². The lowest BCUT2D eigenvalue weighted by molar-refractivity contribution is -0.0413. The number of benzene rings is 1. The highest BCUT2D eigenvalue weighted by Crippen LogP contribution is 2.38. The summed E-state index contributed by atoms with van der Waals surface area (Å²) in [5.41, 5.74) is 3.06. The summed E-state index contributed by atoms with van der Waals surface area (Å²) >= 11 is 1.68. The zero-order chi connectivity index (χ0) is 15.3. The zero-order valence-electron chi connectivity index (χ0n) is 12.5. The van der Waals surface area contributed by atoms with Crippen molar-refractivity contribution in [2.45, 2.75) is 19.3 Å². The highest BCUT2D eigenvalue weighted by atomic mass is 32.1. The number of carbonyl (C=O) groups is 1. The summed E-state index contributed by atoms with van der Waals surface area (Å²) in [4.78, 5) is 16.2. The largest absolute Gasteiger partial charge is 0.345 e. The highest BCUT2D eigenvalue weighted by molar-refractivity contribution is 7.15. The molecule has 0 saturated carbocycles. The zero-order valence-corrected chi connectivity index (χ0v) is 13.4. The lowest BCUT2D eigenvalue weighted by Gasteiger charge is -2.15. The van der Waals surface area contributed by atoms with E-state index >= 15 is 0 Å². The maximum absolute atomic E-state index is 12.1. The number of hydrogen-bond acceptors (Lipinski definition) is 4. The third kappa shape index (κ3) is 2.08. The standard InChI is InChI=1S/C17H17NO3S/c1-10-13-9-11(3-4-12(13)16(19)18(10)2)14-5-6-15(22-14)17-20-7-8-21-17/h3-6,9-10,17H,7-8H2,1-2H3. The number of ether oxygens (including phenoxy) is 2. The molecular formula is C17H17NO3S. The molecule has 1 unspecified atom stereocenters. The van der Waals surface area contributed by atoms with Crippen molar-refractivity contribution in [2.24, 2.45) is 0 Å². The first-order chi connectivity index (χ1) is 10.6. The summed E-state index contributed by atoms with van der Waals surface area (Å²) in [5.74, 6) is 0.105. The van der Waals surface area contributed by atoms with Gasteiger partial charge in [-0.25, -0.2) is 0 Å². The molecule has 3 heterocycles. The lowest BCUT2D eigenvalue weighted by Crippen LogP contribution is -2.20. The molecule has 1 atom stereocenters. The molecule has 0 bridgehead atoms. The molecular weight excluding hydrogens is 298 g/mol.